The molecule has 3 rings (SSSR count). The zero-order valence-electron chi connectivity index (χ0n) is 16.5. The van der Waals surface area contributed by atoms with Crippen molar-refractivity contribution in [3.05, 3.63) is 47.5 Å². The number of amidine groups is 1. The Bertz CT molecular complexity index is 1060. The number of hydrogen-bond acceptors (Lipinski definition) is 7. The van der Waals surface area contributed by atoms with Crippen molar-refractivity contribution in [2.45, 2.75) is 13.8 Å². The third kappa shape index (κ3) is 4.69. The van der Waals surface area contributed by atoms with Gasteiger partial charge in [0.1, 0.15) is 5.84 Å². The Kier molecular flexibility index (Phi) is 6.08. The normalized spacial score (nSPS) is 12.1. The molecule has 0 aliphatic heterocycles. The van der Waals surface area contributed by atoms with Gasteiger partial charge < -0.3 is 15.2 Å². The molecule has 9 heteroatoms. The number of nitrogens with one attached hydrogen (secondary N) is 1. The summed E-state index contributed by atoms with van der Waals surface area (Å²) in [5.41, 5.74) is 8.28. The molecule has 0 saturated heterocycles. The van der Waals surface area contributed by atoms with E-state index in [1.807, 2.05) is 25.1 Å². The van der Waals surface area contributed by atoms with Crippen molar-refractivity contribution in [1.82, 2.24) is 4.98 Å². The van der Waals surface area contributed by atoms with E-state index in [2.05, 4.69) is 20.5 Å². The summed E-state index contributed by atoms with van der Waals surface area (Å²) in [7, 11) is 3.14. The Labute approximate surface area is 172 Å². The number of aromatic nitrogens is 1. The molecule has 1 heterocycles. The predicted molar refractivity (Wildman–Crippen MR) is 117 cm³/mol. The lowest BCUT2D eigenvalue weighted by Crippen LogP contribution is -2.11. The van der Waals surface area contributed by atoms with Crippen LogP contribution in [-0.2, 0) is 0 Å². The Hall–Kier alpha value is -3.46. The highest BCUT2D eigenvalue weighted by Crippen LogP contribution is 2.36. The lowest BCUT2D eigenvalue weighted by atomic mass is 10.1. The fourth-order valence-electron chi connectivity index (χ4n) is 2.55. The summed E-state index contributed by atoms with van der Waals surface area (Å²) in [5.74, 6) is 1.33. The molecule has 8 nitrogen and oxygen atoms in total. The number of carbonyl (C=O) groups is 1. The summed E-state index contributed by atoms with van der Waals surface area (Å²) >= 11 is 1.36. The Morgan fingerprint density at radius 3 is 2.28 bits per heavy atom. The van der Waals surface area contributed by atoms with Gasteiger partial charge in [0.2, 0.25) is 0 Å². The first kappa shape index (κ1) is 20.3. The van der Waals surface area contributed by atoms with Crippen LogP contribution in [0.25, 0.3) is 10.2 Å². The maximum atomic E-state index is 12.6. The summed E-state index contributed by atoms with van der Waals surface area (Å²) in [4.78, 5) is 17.0. The average molecular weight is 411 g/mol. The van der Waals surface area contributed by atoms with Crippen molar-refractivity contribution in [3.63, 3.8) is 0 Å². The second-order valence-corrected chi connectivity index (χ2v) is 7.18. The molecule has 0 saturated carbocycles. The van der Waals surface area contributed by atoms with Crippen LogP contribution in [-0.4, -0.2) is 36.7 Å². The van der Waals surface area contributed by atoms with Crippen molar-refractivity contribution >= 4 is 44.1 Å². The van der Waals surface area contributed by atoms with E-state index in [1.165, 1.54) is 11.3 Å². The highest BCUT2D eigenvalue weighted by molar-refractivity contribution is 7.22. The highest BCUT2D eigenvalue weighted by Gasteiger charge is 2.13. The molecule has 0 spiro atoms. The van der Waals surface area contributed by atoms with Gasteiger partial charge in [-0.2, -0.15) is 5.10 Å². The molecule has 0 atom stereocenters. The van der Waals surface area contributed by atoms with E-state index in [1.54, 1.807) is 39.3 Å². The minimum Gasteiger partial charge on any atom is -0.493 e. The summed E-state index contributed by atoms with van der Waals surface area (Å²) in [6, 6.07) is 10.7. The molecule has 0 fully saturated rings. The molecular weight excluding hydrogens is 390 g/mol. The van der Waals surface area contributed by atoms with E-state index in [0.29, 0.717) is 33.7 Å². The number of benzene rings is 2. The molecule has 3 aromatic rings. The van der Waals surface area contributed by atoms with E-state index >= 15 is 0 Å². The van der Waals surface area contributed by atoms with Gasteiger partial charge in [-0.05, 0) is 31.5 Å². The summed E-state index contributed by atoms with van der Waals surface area (Å²) in [5, 5.41) is 11.2. The maximum absolute atomic E-state index is 12.6. The van der Waals surface area contributed by atoms with Crippen molar-refractivity contribution in [2.24, 2.45) is 15.9 Å². The lowest BCUT2D eigenvalue weighted by Gasteiger charge is -2.05. The van der Waals surface area contributed by atoms with Crippen molar-refractivity contribution < 1.29 is 14.3 Å². The van der Waals surface area contributed by atoms with Gasteiger partial charge in [-0.1, -0.05) is 23.5 Å². The first-order valence-electron chi connectivity index (χ1n) is 8.70. The third-order valence-corrected chi connectivity index (χ3v) is 4.97. The van der Waals surface area contributed by atoms with Gasteiger partial charge in [-0.15, -0.1) is 5.10 Å². The van der Waals surface area contributed by atoms with E-state index in [0.717, 1.165) is 15.8 Å². The van der Waals surface area contributed by atoms with Crippen molar-refractivity contribution in [2.75, 3.05) is 19.5 Å². The number of nitrogens with two attached hydrogens (primary N) is 1. The summed E-state index contributed by atoms with van der Waals surface area (Å²) in [6.45, 7) is 3.49. The van der Waals surface area contributed by atoms with Crippen LogP contribution in [0.1, 0.15) is 29.8 Å². The molecule has 2 aromatic carbocycles. The van der Waals surface area contributed by atoms with E-state index in [4.69, 9.17) is 15.2 Å². The number of nitrogens with zero attached hydrogens (tertiary/aromatic N) is 3. The topological polar surface area (TPSA) is 111 Å². The van der Waals surface area contributed by atoms with E-state index in [9.17, 15) is 4.79 Å². The van der Waals surface area contributed by atoms with Crippen LogP contribution < -0.4 is 20.5 Å². The Morgan fingerprint density at radius 1 is 1.03 bits per heavy atom. The molecule has 0 radical (unpaired) electrons. The SMILES string of the molecule is COc1cc2nc(NC(=O)c3ccc(/C(C)=N/N=C(C)N)cc3)sc2cc1OC. The van der Waals surface area contributed by atoms with Crippen LogP contribution >= 0.6 is 11.3 Å². The minimum absolute atomic E-state index is 0.250. The zero-order chi connectivity index (χ0) is 21.0. The molecule has 0 bridgehead atoms. The van der Waals surface area contributed by atoms with E-state index < -0.39 is 0 Å². The fourth-order valence-corrected chi connectivity index (χ4v) is 3.42. The number of methoxy groups -OCH3 is 2. The minimum atomic E-state index is -0.250. The van der Waals surface area contributed by atoms with Crippen LogP contribution in [0.4, 0.5) is 5.13 Å². The lowest BCUT2D eigenvalue weighted by molar-refractivity contribution is 0.102. The molecule has 3 N–H and O–H groups in total. The molecular formula is C20H21N5O3S. The Morgan fingerprint density at radius 2 is 1.66 bits per heavy atom. The quantitative estimate of drug-likeness (QED) is 0.365. The van der Waals surface area contributed by atoms with Gasteiger partial charge in [0, 0.05) is 17.7 Å². The molecule has 1 aromatic heterocycles. The van der Waals surface area contributed by atoms with Crippen molar-refractivity contribution in [3.8, 4) is 11.5 Å². The summed E-state index contributed by atoms with van der Waals surface area (Å²) < 4.78 is 11.5. The summed E-state index contributed by atoms with van der Waals surface area (Å²) in [6.07, 6.45) is 0. The van der Waals surface area contributed by atoms with Gasteiger partial charge in [0.15, 0.2) is 16.6 Å². The molecule has 150 valence electrons. The van der Waals surface area contributed by atoms with Crippen LogP contribution in [0.5, 0.6) is 11.5 Å². The number of amides is 1. The average Bonchev–Trinajstić information content (AvgIpc) is 3.11. The van der Waals surface area contributed by atoms with Gasteiger partial charge in [-0.25, -0.2) is 4.98 Å². The first-order chi connectivity index (χ1) is 13.9. The fraction of sp³-hybridized carbons (Fsp3) is 0.200. The number of thiazole rings is 1. The highest BCUT2D eigenvalue weighted by atomic mass is 32.1. The van der Waals surface area contributed by atoms with Crippen molar-refractivity contribution in [1.29, 1.82) is 0 Å². The first-order valence-corrected chi connectivity index (χ1v) is 9.51. The molecule has 0 unspecified atom stereocenters. The number of hydrogen-bond donors (Lipinski definition) is 2. The van der Waals surface area contributed by atoms with Crippen LogP contribution in [0.2, 0.25) is 0 Å². The van der Waals surface area contributed by atoms with Gasteiger partial charge in [0.05, 0.1) is 30.1 Å². The standard InChI is InChI=1S/C20H21N5O3S/c1-11(24-25-12(2)21)13-5-7-14(8-6-13)19(26)23-20-22-15-9-16(27-3)17(28-4)10-18(15)29-20/h5-10H,1-4H3,(H2,21,25)(H,22,23,26)/b24-11+. The Balaban J connectivity index is 1.78. The number of fused-ring (bicyclic) bond motifs is 1. The van der Waals surface area contributed by atoms with Gasteiger partial charge >= 0.3 is 0 Å². The number of carbonyl (C=O) groups excluding carboxylic acids is 1. The molecule has 1 amide bonds. The molecule has 0 aliphatic carbocycles. The smallest absolute Gasteiger partial charge is 0.257 e. The van der Waals surface area contributed by atoms with E-state index in [-0.39, 0.29) is 5.91 Å². The van der Waals surface area contributed by atoms with Gasteiger partial charge in [0.25, 0.3) is 5.91 Å². The predicted octanol–water partition coefficient (Wildman–Crippen LogP) is 3.67. The number of anilines is 1. The number of ether oxygens (including phenoxy) is 2. The van der Waals surface area contributed by atoms with Crippen LogP contribution in [0.15, 0.2) is 46.6 Å². The third-order valence-electron chi connectivity index (χ3n) is 4.04. The number of rotatable bonds is 6. The maximum Gasteiger partial charge on any atom is 0.257 e. The zero-order valence-corrected chi connectivity index (χ0v) is 17.3. The van der Waals surface area contributed by atoms with Crippen LogP contribution in [0.3, 0.4) is 0 Å². The second-order valence-electron chi connectivity index (χ2n) is 6.15. The largest absolute Gasteiger partial charge is 0.493 e. The van der Waals surface area contributed by atoms with Gasteiger partial charge in [-0.3, -0.25) is 10.1 Å². The molecule has 0 aliphatic rings. The monoisotopic (exact) mass is 411 g/mol. The molecule has 29 heavy (non-hydrogen) atoms. The second kappa shape index (κ2) is 8.70. The van der Waals surface area contributed by atoms with Crippen LogP contribution in [0, 0.1) is 0 Å².